The second kappa shape index (κ2) is 10.4. The van der Waals surface area contributed by atoms with Gasteiger partial charge in [0.25, 0.3) is 5.91 Å². The SMILES string of the molecule is CCCCNC(=O)/C(C#N)=C/c1ccc(OCCC(C)C)cc1. The molecular weight excluding hydrogens is 288 g/mol. The van der Waals surface area contributed by atoms with Crippen LogP contribution in [0, 0.1) is 17.2 Å². The molecule has 0 fully saturated rings. The molecule has 4 heteroatoms. The van der Waals surface area contributed by atoms with E-state index in [-0.39, 0.29) is 11.5 Å². The third kappa shape index (κ3) is 7.51. The molecule has 1 amide bonds. The standard InChI is InChI=1S/C19H26N2O2/c1-4-5-11-21-19(22)17(14-20)13-16-6-8-18(9-7-16)23-12-10-15(2)3/h6-9,13,15H,4-5,10-12H2,1-3H3,(H,21,22)/b17-13+. The highest BCUT2D eigenvalue weighted by Crippen LogP contribution is 2.15. The van der Waals surface area contributed by atoms with Crippen LogP contribution >= 0.6 is 0 Å². The van der Waals surface area contributed by atoms with E-state index in [1.807, 2.05) is 30.3 Å². The molecule has 0 saturated carbocycles. The first-order chi connectivity index (χ1) is 11.1. The summed E-state index contributed by atoms with van der Waals surface area (Å²) in [6, 6.07) is 9.37. The van der Waals surface area contributed by atoms with Gasteiger partial charge in [0.1, 0.15) is 17.4 Å². The molecule has 4 nitrogen and oxygen atoms in total. The maximum Gasteiger partial charge on any atom is 0.261 e. The van der Waals surface area contributed by atoms with Crippen LogP contribution in [0.5, 0.6) is 5.75 Å². The van der Waals surface area contributed by atoms with Crippen molar-refractivity contribution in [2.45, 2.75) is 40.0 Å². The summed E-state index contributed by atoms with van der Waals surface area (Å²) in [7, 11) is 0. The van der Waals surface area contributed by atoms with Crippen LogP contribution in [0.4, 0.5) is 0 Å². The van der Waals surface area contributed by atoms with E-state index in [9.17, 15) is 4.79 Å². The van der Waals surface area contributed by atoms with Crippen LogP contribution in [0.25, 0.3) is 6.08 Å². The molecule has 0 aliphatic heterocycles. The minimum absolute atomic E-state index is 0.120. The minimum atomic E-state index is -0.321. The molecule has 0 aliphatic carbocycles. The Bertz CT molecular complexity index is 554. The number of nitrogens with one attached hydrogen (secondary N) is 1. The van der Waals surface area contributed by atoms with Crippen LogP contribution < -0.4 is 10.1 Å². The normalized spacial score (nSPS) is 11.2. The van der Waals surface area contributed by atoms with Gasteiger partial charge in [0.15, 0.2) is 0 Å². The van der Waals surface area contributed by atoms with Crippen molar-refractivity contribution in [2.24, 2.45) is 5.92 Å². The summed E-state index contributed by atoms with van der Waals surface area (Å²) >= 11 is 0. The van der Waals surface area contributed by atoms with Gasteiger partial charge in [0, 0.05) is 6.54 Å². The van der Waals surface area contributed by atoms with Crippen molar-refractivity contribution in [2.75, 3.05) is 13.2 Å². The molecular formula is C19H26N2O2. The van der Waals surface area contributed by atoms with Crippen LogP contribution in [0.3, 0.4) is 0 Å². The molecule has 23 heavy (non-hydrogen) atoms. The quantitative estimate of drug-likeness (QED) is 0.427. The predicted molar refractivity (Wildman–Crippen MR) is 92.9 cm³/mol. The molecule has 0 aliphatic rings. The molecule has 124 valence electrons. The van der Waals surface area contributed by atoms with Crippen molar-refractivity contribution in [3.63, 3.8) is 0 Å². The van der Waals surface area contributed by atoms with Crippen LogP contribution in [0.15, 0.2) is 29.8 Å². The van der Waals surface area contributed by atoms with Crippen molar-refractivity contribution in [1.82, 2.24) is 5.32 Å². The monoisotopic (exact) mass is 314 g/mol. The molecule has 0 spiro atoms. The molecule has 0 saturated heterocycles. The smallest absolute Gasteiger partial charge is 0.261 e. The van der Waals surface area contributed by atoms with E-state index in [1.165, 1.54) is 0 Å². The fourth-order valence-electron chi connectivity index (χ4n) is 1.86. The Morgan fingerprint density at radius 1 is 1.35 bits per heavy atom. The Balaban J connectivity index is 2.63. The lowest BCUT2D eigenvalue weighted by atomic mass is 10.1. The van der Waals surface area contributed by atoms with E-state index >= 15 is 0 Å². The lowest BCUT2D eigenvalue weighted by molar-refractivity contribution is -0.117. The highest BCUT2D eigenvalue weighted by Gasteiger charge is 2.08. The summed E-state index contributed by atoms with van der Waals surface area (Å²) in [6.45, 7) is 7.66. The highest BCUT2D eigenvalue weighted by molar-refractivity contribution is 6.01. The predicted octanol–water partition coefficient (Wildman–Crippen LogP) is 3.93. The first kappa shape index (κ1) is 18.8. The average Bonchev–Trinajstić information content (AvgIpc) is 2.53. The van der Waals surface area contributed by atoms with Gasteiger partial charge in [0.05, 0.1) is 6.61 Å². The highest BCUT2D eigenvalue weighted by atomic mass is 16.5. The van der Waals surface area contributed by atoms with Crippen molar-refractivity contribution >= 4 is 12.0 Å². The molecule has 0 radical (unpaired) electrons. The van der Waals surface area contributed by atoms with Crippen LogP contribution in [-0.2, 0) is 4.79 Å². The molecule has 0 atom stereocenters. The zero-order valence-electron chi connectivity index (χ0n) is 14.3. The largest absolute Gasteiger partial charge is 0.494 e. The Hall–Kier alpha value is -2.28. The second-order valence-electron chi connectivity index (χ2n) is 5.88. The van der Waals surface area contributed by atoms with E-state index in [1.54, 1.807) is 6.08 Å². The van der Waals surface area contributed by atoms with Crippen LogP contribution in [0.2, 0.25) is 0 Å². The van der Waals surface area contributed by atoms with Crippen molar-refractivity contribution in [3.05, 3.63) is 35.4 Å². The Morgan fingerprint density at radius 3 is 2.61 bits per heavy atom. The van der Waals surface area contributed by atoms with E-state index in [0.29, 0.717) is 19.1 Å². The van der Waals surface area contributed by atoms with Crippen LogP contribution in [-0.4, -0.2) is 19.1 Å². The van der Waals surface area contributed by atoms with Crippen molar-refractivity contribution in [3.8, 4) is 11.8 Å². The van der Waals surface area contributed by atoms with E-state index < -0.39 is 0 Å². The number of carbonyl (C=O) groups is 1. The average molecular weight is 314 g/mol. The van der Waals surface area contributed by atoms with E-state index in [4.69, 9.17) is 10.00 Å². The van der Waals surface area contributed by atoms with Gasteiger partial charge in [-0.1, -0.05) is 39.3 Å². The second-order valence-corrected chi connectivity index (χ2v) is 5.88. The maximum absolute atomic E-state index is 11.9. The van der Waals surface area contributed by atoms with Gasteiger partial charge < -0.3 is 10.1 Å². The lowest BCUT2D eigenvalue weighted by Crippen LogP contribution is -2.25. The summed E-state index contributed by atoms with van der Waals surface area (Å²) < 4.78 is 5.65. The van der Waals surface area contributed by atoms with E-state index in [2.05, 4.69) is 26.1 Å². The summed E-state index contributed by atoms with van der Waals surface area (Å²) in [5.74, 6) is 1.09. The fourth-order valence-corrected chi connectivity index (χ4v) is 1.86. The number of carbonyl (C=O) groups excluding carboxylic acids is 1. The van der Waals surface area contributed by atoms with Gasteiger partial charge >= 0.3 is 0 Å². The number of amides is 1. The molecule has 1 N–H and O–H groups in total. The molecule has 1 aromatic rings. The number of unbranched alkanes of at least 4 members (excludes halogenated alkanes) is 1. The number of hydrogen-bond acceptors (Lipinski definition) is 3. The van der Waals surface area contributed by atoms with Crippen molar-refractivity contribution < 1.29 is 9.53 Å². The molecule has 0 heterocycles. The van der Waals surface area contributed by atoms with Gasteiger partial charge in [-0.05, 0) is 42.5 Å². The fraction of sp³-hybridized carbons (Fsp3) is 0.474. The Kier molecular flexibility index (Phi) is 8.52. The zero-order valence-corrected chi connectivity index (χ0v) is 14.3. The lowest BCUT2D eigenvalue weighted by Gasteiger charge is -2.08. The third-order valence-electron chi connectivity index (χ3n) is 3.34. The van der Waals surface area contributed by atoms with Gasteiger partial charge in [-0.2, -0.15) is 5.26 Å². The van der Waals surface area contributed by atoms with Gasteiger partial charge in [-0.25, -0.2) is 0 Å². The molecule has 0 aromatic heterocycles. The first-order valence-electron chi connectivity index (χ1n) is 8.19. The van der Waals surface area contributed by atoms with Gasteiger partial charge in [-0.15, -0.1) is 0 Å². The van der Waals surface area contributed by atoms with Gasteiger partial charge in [-0.3, -0.25) is 4.79 Å². The molecule has 0 unspecified atom stereocenters. The molecule has 1 aromatic carbocycles. The first-order valence-corrected chi connectivity index (χ1v) is 8.19. The Labute approximate surface area is 139 Å². The van der Waals surface area contributed by atoms with E-state index in [0.717, 1.165) is 30.6 Å². The topological polar surface area (TPSA) is 62.1 Å². The van der Waals surface area contributed by atoms with Gasteiger partial charge in [0.2, 0.25) is 0 Å². The summed E-state index contributed by atoms with van der Waals surface area (Å²) in [5, 5.41) is 11.9. The maximum atomic E-state index is 11.9. The number of hydrogen-bond donors (Lipinski definition) is 1. The zero-order chi connectivity index (χ0) is 17.1. The summed E-state index contributed by atoms with van der Waals surface area (Å²) in [6.07, 6.45) is 4.52. The number of nitriles is 1. The summed E-state index contributed by atoms with van der Waals surface area (Å²) in [4.78, 5) is 11.9. The number of benzene rings is 1. The van der Waals surface area contributed by atoms with Crippen molar-refractivity contribution in [1.29, 1.82) is 5.26 Å². The number of rotatable bonds is 9. The number of nitrogens with zero attached hydrogens (tertiary/aromatic N) is 1. The molecule has 1 rings (SSSR count). The Morgan fingerprint density at radius 2 is 2.04 bits per heavy atom. The van der Waals surface area contributed by atoms with Crippen LogP contribution in [0.1, 0.15) is 45.6 Å². The minimum Gasteiger partial charge on any atom is -0.494 e. The number of ether oxygens (including phenoxy) is 1. The molecule has 0 bridgehead atoms. The third-order valence-corrected chi connectivity index (χ3v) is 3.34. The summed E-state index contributed by atoms with van der Waals surface area (Å²) in [5.41, 5.74) is 0.929.